The van der Waals surface area contributed by atoms with Gasteiger partial charge < -0.3 is 9.80 Å². The molecule has 11 aromatic carbocycles. The van der Waals surface area contributed by atoms with Gasteiger partial charge >= 0.3 is 0 Å². The van der Waals surface area contributed by atoms with E-state index < -0.39 is 5.41 Å². The molecule has 0 saturated carbocycles. The Bertz CT molecular complexity index is 3840. The van der Waals surface area contributed by atoms with Crippen LogP contribution in [0.15, 0.2) is 255 Å². The van der Waals surface area contributed by atoms with Crippen LogP contribution in [0.4, 0.5) is 34.1 Å². The Morgan fingerprint density at radius 2 is 0.829 bits per heavy atom. The second-order valence-electron chi connectivity index (χ2n) is 19.5. The number of hydrogen-bond donors (Lipinski definition) is 0. The first-order chi connectivity index (χ1) is 34.5. The van der Waals surface area contributed by atoms with Gasteiger partial charge in [-0.05, 0) is 126 Å². The summed E-state index contributed by atoms with van der Waals surface area (Å²) < 4.78 is 0. The molecule has 0 amide bonds. The van der Waals surface area contributed by atoms with Gasteiger partial charge in [0.1, 0.15) is 0 Å². The van der Waals surface area contributed by atoms with Crippen LogP contribution in [0.2, 0.25) is 0 Å². The van der Waals surface area contributed by atoms with Crippen molar-refractivity contribution < 1.29 is 0 Å². The highest BCUT2D eigenvalue weighted by atomic mass is 15.2. The molecule has 1 spiro atoms. The fourth-order valence-electron chi connectivity index (χ4n) is 12.7. The number of anilines is 6. The normalized spacial score (nSPS) is 14.1. The van der Waals surface area contributed by atoms with Gasteiger partial charge in [-0.15, -0.1) is 0 Å². The number of fused-ring (bicyclic) bond motifs is 13. The van der Waals surface area contributed by atoms with E-state index in [0.29, 0.717) is 0 Å². The Morgan fingerprint density at radius 1 is 0.329 bits per heavy atom. The third-order valence-corrected chi connectivity index (χ3v) is 15.7. The summed E-state index contributed by atoms with van der Waals surface area (Å²) in [5, 5.41) is 2.48. The molecule has 11 aromatic rings. The molecule has 0 unspecified atom stereocenters. The van der Waals surface area contributed by atoms with Crippen LogP contribution in [0.5, 0.6) is 0 Å². The highest BCUT2D eigenvalue weighted by molar-refractivity contribution is 6.05. The minimum Gasteiger partial charge on any atom is -0.310 e. The van der Waals surface area contributed by atoms with E-state index in [0.717, 1.165) is 22.7 Å². The van der Waals surface area contributed by atoms with E-state index >= 15 is 0 Å². The van der Waals surface area contributed by atoms with E-state index in [-0.39, 0.29) is 5.41 Å². The lowest BCUT2D eigenvalue weighted by atomic mass is 9.64. The lowest BCUT2D eigenvalue weighted by Gasteiger charge is -2.45. The minimum atomic E-state index is -0.611. The molecule has 2 nitrogen and oxygen atoms in total. The number of benzene rings is 11. The van der Waals surface area contributed by atoms with Crippen molar-refractivity contribution in [2.45, 2.75) is 24.7 Å². The van der Waals surface area contributed by atoms with Crippen LogP contribution in [-0.2, 0) is 10.8 Å². The third-order valence-electron chi connectivity index (χ3n) is 15.7. The maximum Gasteiger partial charge on any atom is 0.0755 e. The summed E-state index contributed by atoms with van der Waals surface area (Å²) in [6, 6.07) is 95.0. The molecule has 0 atom stereocenters. The van der Waals surface area contributed by atoms with Gasteiger partial charge in [0.25, 0.3) is 0 Å². The summed E-state index contributed by atoms with van der Waals surface area (Å²) in [7, 11) is 0. The molecular weight excluding hydrogens is 845 g/mol. The summed E-state index contributed by atoms with van der Waals surface area (Å²) in [4.78, 5) is 5.04. The van der Waals surface area contributed by atoms with Crippen molar-refractivity contribution >= 4 is 44.9 Å². The van der Waals surface area contributed by atoms with Gasteiger partial charge in [0.2, 0.25) is 0 Å². The lowest BCUT2D eigenvalue weighted by Crippen LogP contribution is -2.36. The molecule has 0 saturated heterocycles. The van der Waals surface area contributed by atoms with Crippen molar-refractivity contribution in [2.24, 2.45) is 0 Å². The van der Waals surface area contributed by atoms with Crippen LogP contribution < -0.4 is 9.80 Å². The predicted molar refractivity (Wildman–Crippen MR) is 293 cm³/mol. The monoisotopic (exact) mass is 892 g/mol. The summed E-state index contributed by atoms with van der Waals surface area (Å²) in [6.07, 6.45) is 0. The Kier molecular flexibility index (Phi) is 8.88. The fourth-order valence-corrected chi connectivity index (χ4v) is 12.7. The van der Waals surface area contributed by atoms with Crippen LogP contribution in [0, 0.1) is 0 Å². The Hall–Kier alpha value is -8.72. The molecule has 0 bridgehead atoms. The van der Waals surface area contributed by atoms with E-state index in [1.54, 1.807) is 0 Å². The summed E-state index contributed by atoms with van der Waals surface area (Å²) >= 11 is 0. The summed E-state index contributed by atoms with van der Waals surface area (Å²) in [6.45, 7) is 4.76. The molecule has 1 heterocycles. The van der Waals surface area contributed by atoms with Crippen LogP contribution in [-0.4, -0.2) is 0 Å². The molecule has 330 valence electrons. The third kappa shape index (κ3) is 5.62. The second kappa shape index (κ2) is 15.4. The van der Waals surface area contributed by atoms with E-state index in [9.17, 15) is 0 Å². The number of para-hydroxylation sites is 4. The largest absolute Gasteiger partial charge is 0.310 e. The highest BCUT2D eigenvalue weighted by Crippen LogP contribution is 2.64. The van der Waals surface area contributed by atoms with Crippen LogP contribution in [0.25, 0.3) is 55.3 Å². The van der Waals surface area contributed by atoms with Gasteiger partial charge in [0.05, 0.1) is 28.2 Å². The average molecular weight is 893 g/mol. The fraction of sp³-hybridized carbons (Fsp3) is 0.0588. The zero-order chi connectivity index (χ0) is 46.6. The second-order valence-corrected chi connectivity index (χ2v) is 19.5. The van der Waals surface area contributed by atoms with E-state index in [1.807, 2.05) is 0 Å². The zero-order valence-corrected chi connectivity index (χ0v) is 39.1. The summed E-state index contributed by atoms with van der Waals surface area (Å²) in [5.74, 6) is 0. The topological polar surface area (TPSA) is 6.48 Å². The standard InChI is InChI=1S/C68H48N2/c1-67(2)56-33-13-11-31-55(56)66-60(67)37-21-41-65(66)70(62-38-17-12-30-54(62)51-28-9-8-27-50(51)49-32-20-23-45-22-6-7-26-48(45)49)47-42-43-53-52-29-10-14-34-57(52)68(61(53)44-47)58-35-15-18-39-63(58)69(46-24-4-3-5-25-46)64-40-19-16-36-59(64)68/h3-44H,1-2H3. The molecule has 2 aliphatic carbocycles. The molecule has 3 aliphatic rings. The van der Waals surface area contributed by atoms with Crippen molar-refractivity contribution in [3.05, 3.63) is 288 Å². The molecule has 14 rings (SSSR count). The van der Waals surface area contributed by atoms with E-state index in [4.69, 9.17) is 0 Å². The van der Waals surface area contributed by atoms with Crippen molar-refractivity contribution in [3.63, 3.8) is 0 Å². The van der Waals surface area contributed by atoms with E-state index in [1.165, 1.54) is 100 Å². The van der Waals surface area contributed by atoms with Gasteiger partial charge in [-0.25, -0.2) is 0 Å². The highest BCUT2D eigenvalue weighted by Gasteiger charge is 2.52. The summed E-state index contributed by atoms with van der Waals surface area (Å²) in [5.41, 5.74) is 23.8. The van der Waals surface area contributed by atoms with Crippen molar-refractivity contribution in [1.82, 2.24) is 0 Å². The van der Waals surface area contributed by atoms with Gasteiger partial charge in [-0.1, -0.05) is 220 Å². The quantitative estimate of drug-likeness (QED) is 0.164. The average Bonchev–Trinajstić information content (AvgIpc) is 3.84. The number of rotatable bonds is 6. The SMILES string of the molecule is CC1(C)c2ccccc2-c2c(N(c3ccc4c(c3)C3(c5ccccc5-4)c4ccccc4N(c4ccccc4)c4ccccc43)c3ccccc3-c3ccccc3-c3cccc4ccccc34)cccc21. The Balaban J connectivity index is 1.07. The molecule has 0 radical (unpaired) electrons. The van der Waals surface area contributed by atoms with Crippen LogP contribution in [0.3, 0.4) is 0 Å². The molecule has 0 fully saturated rings. The van der Waals surface area contributed by atoms with Crippen molar-refractivity contribution in [3.8, 4) is 44.5 Å². The van der Waals surface area contributed by atoms with Gasteiger partial charge in [-0.2, -0.15) is 0 Å². The maximum atomic E-state index is 2.58. The molecule has 2 heteroatoms. The number of nitrogens with zero attached hydrogens (tertiary/aromatic N) is 2. The smallest absolute Gasteiger partial charge is 0.0755 e. The lowest BCUT2D eigenvalue weighted by molar-refractivity contribution is 0.660. The van der Waals surface area contributed by atoms with E-state index in [2.05, 4.69) is 278 Å². The van der Waals surface area contributed by atoms with Gasteiger partial charge in [0, 0.05) is 27.9 Å². The molecule has 1 aliphatic heterocycles. The van der Waals surface area contributed by atoms with Crippen molar-refractivity contribution in [1.29, 1.82) is 0 Å². The Labute approximate surface area is 410 Å². The Morgan fingerprint density at radius 3 is 1.59 bits per heavy atom. The first kappa shape index (κ1) is 40.4. The van der Waals surface area contributed by atoms with Gasteiger partial charge in [0.15, 0.2) is 0 Å². The predicted octanol–water partition coefficient (Wildman–Crippen LogP) is 18.1. The molecule has 0 N–H and O–H groups in total. The number of hydrogen-bond acceptors (Lipinski definition) is 2. The molecular formula is C68H48N2. The molecule has 70 heavy (non-hydrogen) atoms. The van der Waals surface area contributed by atoms with Crippen LogP contribution in [0.1, 0.15) is 47.2 Å². The maximum absolute atomic E-state index is 2.58. The van der Waals surface area contributed by atoms with Crippen LogP contribution >= 0.6 is 0 Å². The zero-order valence-electron chi connectivity index (χ0n) is 39.1. The first-order valence-electron chi connectivity index (χ1n) is 24.5. The first-order valence-corrected chi connectivity index (χ1v) is 24.5. The van der Waals surface area contributed by atoms with Crippen molar-refractivity contribution in [2.75, 3.05) is 9.80 Å². The minimum absolute atomic E-state index is 0.183. The molecule has 0 aromatic heterocycles. The van der Waals surface area contributed by atoms with Gasteiger partial charge in [-0.3, -0.25) is 0 Å².